The Labute approximate surface area is 138 Å². The van der Waals surface area contributed by atoms with Gasteiger partial charge >= 0.3 is 0 Å². The van der Waals surface area contributed by atoms with Crippen LogP contribution < -0.4 is 5.32 Å². The van der Waals surface area contributed by atoms with Crippen molar-refractivity contribution in [3.63, 3.8) is 0 Å². The van der Waals surface area contributed by atoms with Gasteiger partial charge in [-0.15, -0.1) is 11.8 Å². The molecule has 1 unspecified atom stereocenters. The predicted octanol–water partition coefficient (Wildman–Crippen LogP) is 5.68. The van der Waals surface area contributed by atoms with Gasteiger partial charge in [0.2, 0.25) is 0 Å². The molecule has 0 amide bonds. The Bertz CT molecular complexity index is 468. The smallest absolute Gasteiger partial charge is 0.0410 e. The molecule has 21 heavy (non-hydrogen) atoms. The molecule has 3 heteroatoms. The zero-order valence-electron chi connectivity index (χ0n) is 12.9. The Balaban J connectivity index is 1.56. The van der Waals surface area contributed by atoms with Gasteiger partial charge in [-0.25, -0.2) is 0 Å². The van der Waals surface area contributed by atoms with Gasteiger partial charge in [-0.2, -0.15) is 0 Å². The molecule has 1 nitrogen and oxygen atoms in total. The normalized spacial score (nSPS) is 29.1. The molecule has 116 valence electrons. The summed E-state index contributed by atoms with van der Waals surface area (Å²) in [6, 6.07) is 6.86. The molecule has 1 saturated carbocycles. The van der Waals surface area contributed by atoms with Crippen molar-refractivity contribution in [3.05, 3.63) is 28.8 Å². The molecule has 0 radical (unpaired) electrons. The highest BCUT2D eigenvalue weighted by Crippen LogP contribution is 2.38. The average molecular weight is 324 g/mol. The number of hydrogen-bond donors (Lipinski definition) is 1. The summed E-state index contributed by atoms with van der Waals surface area (Å²) in [5.41, 5.74) is 1.42. The van der Waals surface area contributed by atoms with Gasteiger partial charge in [0.05, 0.1) is 0 Å². The molecule has 0 spiro atoms. The predicted molar refractivity (Wildman–Crippen MR) is 93.3 cm³/mol. The van der Waals surface area contributed by atoms with Crippen molar-refractivity contribution in [1.82, 2.24) is 5.32 Å². The lowest BCUT2D eigenvalue weighted by Crippen LogP contribution is -2.31. The van der Waals surface area contributed by atoms with Crippen molar-refractivity contribution in [2.24, 2.45) is 11.8 Å². The van der Waals surface area contributed by atoms with Gasteiger partial charge < -0.3 is 5.32 Å². The second-order valence-electron chi connectivity index (χ2n) is 6.58. The molecular weight excluding hydrogens is 298 g/mol. The molecule has 1 atom stereocenters. The monoisotopic (exact) mass is 323 g/mol. The second kappa shape index (κ2) is 7.39. The van der Waals surface area contributed by atoms with E-state index in [0.717, 1.165) is 16.9 Å². The first-order chi connectivity index (χ1) is 10.3. The van der Waals surface area contributed by atoms with Crippen LogP contribution in [0.25, 0.3) is 0 Å². The molecule has 0 bridgehead atoms. The lowest BCUT2D eigenvalue weighted by molar-refractivity contribution is 0.255. The second-order valence-corrected chi connectivity index (χ2v) is 8.15. The largest absolute Gasteiger partial charge is 0.310 e. The van der Waals surface area contributed by atoms with Crippen LogP contribution in [0.1, 0.15) is 57.1 Å². The molecule has 1 aliphatic carbocycles. The molecule has 1 heterocycles. The SMILES string of the molecule is CCC1CCC(CNC2CCSc3ccc(Cl)cc32)CC1. The molecule has 0 saturated heterocycles. The highest BCUT2D eigenvalue weighted by Gasteiger charge is 2.24. The molecule has 2 aliphatic rings. The van der Waals surface area contributed by atoms with E-state index >= 15 is 0 Å². The van der Waals surface area contributed by atoms with E-state index in [1.54, 1.807) is 0 Å². The molecule has 1 aromatic carbocycles. The van der Waals surface area contributed by atoms with Crippen LogP contribution >= 0.6 is 23.4 Å². The van der Waals surface area contributed by atoms with Crippen molar-refractivity contribution in [2.75, 3.05) is 12.3 Å². The summed E-state index contributed by atoms with van der Waals surface area (Å²) in [5, 5.41) is 4.70. The fraction of sp³-hybridized carbons (Fsp3) is 0.667. The minimum absolute atomic E-state index is 0.504. The van der Waals surface area contributed by atoms with E-state index in [-0.39, 0.29) is 0 Å². The van der Waals surface area contributed by atoms with Crippen molar-refractivity contribution in [2.45, 2.75) is 56.4 Å². The maximum absolute atomic E-state index is 6.19. The van der Waals surface area contributed by atoms with Crippen LogP contribution in [0.2, 0.25) is 5.02 Å². The van der Waals surface area contributed by atoms with E-state index in [2.05, 4.69) is 24.4 Å². The number of rotatable bonds is 4. The Morgan fingerprint density at radius 2 is 1.90 bits per heavy atom. The van der Waals surface area contributed by atoms with Gasteiger partial charge in [0.25, 0.3) is 0 Å². The molecule has 0 aromatic heterocycles. The fourth-order valence-corrected chi connectivity index (χ4v) is 5.02. The van der Waals surface area contributed by atoms with Gasteiger partial charge in [-0.1, -0.05) is 37.8 Å². The Hall–Kier alpha value is -0.180. The minimum Gasteiger partial charge on any atom is -0.310 e. The van der Waals surface area contributed by atoms with Crippen LogP contribution in [0.15, 0.2) is 23.1 Å². The molecule has 1 aromatic rings. The summed E-state index contributed by atoms with van der Waals surface area (Å²) in [6.45, 7) is 3.52. The van der Waals surface area contributed by atoms with Gasteiger partial charge in [0.1, 0.15) is 0 Å². The third kappa shape index (κ3) is 3.97. The maximum atomic E-state index is 6.19. The van der Waals surface area contributed by atoms with Crippen LogP contribution in [-0.2, 0) is 0 Å². The summed E-state index contributed by atoms with van der Waals surface area (Å²) in [7, 11) is 0. The van der Waals surface area contributed by atoms with Gasteiger partial charge in [0, 0.05) is 16.0 Å². The summed E-state index contributed by atoms with van der Waals surface area (Å²) < 4.78 is 0. The lowest BCUT2D eigenvalue weighted by Gasteiger charge is -2.31. The van der Waals surface area contributed by atoms with Crippen LogP contribution in [-0.4, -0.2) is 12.3 Å². The summed E-state index contributed by atoms with van der Waals surface area (Å²) in [5.74, 6) is 3.09. The number of thioether (sulfide) groups is 1. The van der Waals surface area contributed by atoms with Crippen LogP contribution in [0.4, 0.5) is 0 Å². The number of hydrogen-bond acceptors (Lipinski definition) is 2. The van der Waals surface area contributed by atoms with Gasteiger partial charge in [-0.3, -0.25) is 0 Å². The van der Waals surface area contributed by atoms with Crippen molar-refractivity contribution < 1.29 is 0 Å². The number of fused-ring (bicyclic) bond motifs is 1. The highest BCUT2D eigenvalue weighted by atomic mass is 35.5. The molecule has 1 fully saturated rings. The van der Waals surface area contributed by atoms with Crippen LogP contribution in [0.3, 0.4) is 0 Å². The highest BCUT2D eigenvalue weighted by molar-refractivity contribution is 7.99. The first kappa shape index (κ1) is 15.7. The Morgan fingerprint density at radius 1 is 1.14 bits per heavy atom. The van der Waals surface area contributed by atoms with Crippen molar-refractivity contribution in [3.8, 4) is 0 Å². The van der Waals surface area contributed by atoms with Gasteiger partial charge in [-0.05, 0) is 67.2 Å². The summed E-state index contributed by atoms with van der Waals surface area (Å²) in [4.78, 5) is 1.41. The van der Waals surface area contributed by atoms with E-state index in [0.29, 0.717) is 6.04 Å². The number of benzene rings is 1. The average Bonchev–Trinajstić information content (AvgIpc) is 2.53. The Morgan fingerprint density at radius 3 is 2.67 bits per heavy atom. The zero-order chi connectivity index (χ0) is 14.7. The third-order valence-corrected chi connectivity index (χ3v) is 6.57. The molecule has 1 aliphatic heterocycles. The van der Waals surface area contributed by atoms with E-state index < -0.39 is 0 Å². The Kier molecular flexibility index (Phi) is 5.53. The van der Waals surface area contributed by atoms with E-state index in [9.17, 15) is 0 Å². The molecular formula is C18H26ClNS. The van der Waals surface area contributed by atoms with Crippen LogP contribution in [0.5, 0.6) is 0 Å². The maximum Gasteiger partial charge on any atom is 0.0410 e. The third-order valence-electron chi connectivity index (χ3n) is 5.21. The topological polar surface area (TPSA) is 12.0 Å². The summed E-state index contributed by atoms with van der Waals surface area (Å²) in [6.07, 6.45) is 8.29. The quantitative estimate of drug-likeness (QED) is 0.764. The van der Waals surface area contributed by atoms with Crippen molar-refractivity contribution >= 4 is 23.4 Å². The first-order valence-corrected chi connectivity index (χ1v) is 9.78. The molecule has 3 rings (SSSR count). The van der Waals surface area contributed by atoms with Crippen LogP contribution in [0, 0.1) is 11.8 Å². The van der Waals surface area contributed by atoms with Crippen molar-refractivity contribution in [1.29, 1.82) is 0 Å². The summed E-state index contributed by atoms with van der Waals surface area (Å²) >= 11 is 8.15. The first-order valence-electron chi connectivity index (χ1n) is 8.42. The molecule has 1 N–H and O–H groups in total. The minimum atomic E-state index is 0.504. The van der Waals surface area contributed by atoms with Gasteiger partial charge in [0.15, 0.2) is 0 Å². The van der Waals surface area contributed by atoms with E-state index in [4.69, 9.17) is 11.6 Å². The number of halogens is 1. The zero-order valence-corrected chi connectivity index (χ0v) is 14.5. The van der Waals surface area contributed by atoms with E-state index in [1.807, 2.05) is 17.8 Å². The standard InChI is InChI=1S/C18H26ClNS/c1-2-13-3-5-14(6-4-13)12-20-17-9-10-21-18-8-7-15(19)11-16(17)18/h7-8,11,13-14,17,20H,2-6,9-10,12H2,1H3. The lowest BCUT2D eigenvalue weighted by atomic mass is 9.81. The number of nitrogens with one attached hydrogen (secondary N) is 1. The fourth-order valence-electron chi connectivity index (χ4n) is 3.73. The van der Waals surface area contributed by atoms with E-state index in [1.165, 1.54) is 61.3 Å².